The quantitative estimate of drug-likeness (QED) is 0.355. The second kappa shape index (κ2) is 8.94. The number of halogens is 2. The zero-order valence-electron chi connectivity index (χ0n) is 16.4. The third-order valence-electron chi connectivity index (χ3n) is 4.77. The van der Waals surface area contributed by atoms with Gasteiger partial charge in [-0.25, -0.2) is 8.42 Å². The third kappa shape index (κ3) is 4.98. The van der Waals surface area contributed by atoms with Crippen LogP contribution in [0, 0.1) is 6.92 Å². The summed E-state index contributed by atoms with van der Waals surface area (Å²) in [7, 11) is -3.61. The number of anilines is 1. The van der Waals surface area contributed by atoms with Crippen molar-refractivity contribution in [3.05, 3.63) is 91.2 Å². The zero-order chi connectivity index (χ0) is 22.2. The molecule has 0 fully saturated rings. The minimum Gasteiger partial charge on any atom is -0.320 e. The van der Waals surface area contributed by atoms with Crippen LogP contribution in [0.1, 0.15) is 16.7 Å². The van der Waals surface area contributed by atoms with Gasteiger partial charge in [-0.1, -0.05) is 79.5 Å². The average molecular weight is 579 g/mol. The fourth-order valence-corrected chi connectivity index (χ4v) is 7.10. The molecule has 1 aliphatic heterocycles. The number of benzene rings is 3. The standard InChI is InChI=1S/C23H17Br2NO3S2/c1-14-5-7-15(8-6-14)11-22-23(27)26-20-12-16(9-10-21(20)30-22)31(28,29)13-17-18(24)3-2-4-19(17)25/h2-12H,13H2,1H3,(H,26,27)/b22-11-. The number of hydrogen-bond acceptors (Lipinski definition) is 4. The number of rotatable bonds is 4. The van der Waals surface area contributed by atoms with E-state index in [0.717, 1.165) is 25.0 Å². The van der Waals surface area contributed by atoms with Crippen LogP contribution in [0.15, 0.2) is 84.3 Å². The summed E-state index contributed by atoms with van der Waals surface area (Å²) in [5.74, 6) is -0.408. The molecule has 4 nitrogen and oxygen atoms in total. The zero-order valence-corrected chi connectivity index (χ0v) is 21.2. The normalized spacial score (nSPS) is 14.9. The Kier molecular flexibility index (Phi) is 6.44. The van der Waals surface area contributed by atoms with Gasteiger partial charge in [-0.05, 0) is 54.5 Å². The number of nitrogens with one attached hydrogen (secondary N) is 1. The van der Waals surface area contributed by atoms with Crippen molar-refractivity contribution < 1.29 is 13.2 Å². The highest BCUT2D eigenvalue weighted by Gasteiger charge is 2.25. The maximum atomic E-state index is 13.0. The summed E-state index contributed by atoms with van der Waals surface area (Å²) in [5.41, 5.74) is 3.24. The molecule has 0 saturated carbocycles. The van der Waals surface area contributed by atoms with Crippen LogP contribution in [0.4, 0.5) is 5.69 Å². The number of carbonyl (C=O) groups is 1. The SMILES string of the molecule is Cc1ccc(/C=C2\Sc3ccc(S(=O)(=O)Cc4c(Br)cccc4Br)cc3NC2=O)cc1. The van der Waals surface area contributed by atoms with Crippen LogP contribution < -0.4 is 5.32 Å². The summed E-state index contributed by atoms with van der Waals surface area (Å²) >= 11 is 8.17. The van der Waals surface area contributed by atoms with Crippen molar-refractivity contribution in [2.24, 2.45) is 0 Å². The van der Waals surface area contributed by atoms with Crippen LogP contribution in [-0.2, 0) is 20.4 Å². The van der Waals surface area contributed by atoms with Crippen LogP contribution in [0.3, 0.4) is 0 Å². The largest absolute Gasteiger partial charge is 0.320 e. The van der Waals surface area contributed by atoms with Crippen LogP contribution in [0.25, 0.3) is 6.08 Å². The predicted octanol–water partition coefficient (Wildman–Crippen LogP) is 6.58. The van der Waals surface area contributed by atoms with Gasteiger partial charge in [0.25, 0.3) is 5.91 Å². The fourth-order valence-electron chi connectivity index (χ4n) is 3.09. The maximum absolute atomic E-state index is 13.0. The second-order valence-corrected chi connectivity index (χ2v) is 11.9. The number of fused-ring (bicyclic) bond motifs is 1. The second-order valence-electron chi connectivity index (χ2n) is 7.09. The maximum Gasteiger partial charge on any atom is 0.262 e. The summed E-state index contributed by atoms with van der Waals surface area (Å²) in [4.78, 5) is 14.1. The summed E-state index contributed by atoms with van der Waals surface area (Å²) in [6.45, 7) is 2.01. The molecule has 31 heavy (non-hydrogen) atoms. The topological polar surface area (TPSA) is 63.2 Å². The Balaban J connectivity index is 1.62. The van der Waals surface area contributed by atoms with Crippen molar-refractivity contribution in [1.29, 1.82) is 0 Å². The number of thioether (sulfide) groups is 1. The lowest BCUT2D eigenvalue weighted by Crippen LogP contribution is -2.18. The van der Waals surface area contributed by atoms with Crippen molar-refractivity contribution in [3.63, 3.8) is 0 Å². The number of sulfone groups is 1. The lowest BCUT2D eigenvalue weighted by atomic mass is 10.1. The van der Waals surface area contributed by atoms with E-state index in [0.29, 0.717) is 16.2 Å². The molecule has 0 unspecified atom stereocenters. The number of amides is 1. The summed E-state index contributed by atoms with van der Waals surface area (Å²) < 4.78 is 27.5. The molecule has 0 saturated heterocycles. The van der Waals surface area contributed by atoms with E-state index < -0.39 is 9.84 Å². The Hall–Kier alpha value is -1.87. The smallest absolute Gasteiger partial charge is 0.262 e. The fraction of sp³-hybridized carbons (Fsp3) is 0.0870. The average Bonchev–Trinajstić information content (AvgIpc) is 2.72. The molecule has 8 heteroatoms. The Morgan fingerprint density at radius 2 is 1.68 bits per heavy atom. The predicted molar refractivity (Wildman–Crippen MR) is 133 cm³/mol. The van der Waals surface area contributed by atoms with Gasteiger partial charge in [0, 0.05) is 13.8 Å². The summed E-state index contributed by atoms with van der Waals surface area (Å²) in [5, 5.41) is 2.83. The minimum atomic E-state index is -3.61. The van der Waals surface area contributed by atoms with Gasteiger partial charge in [-0.3, -0.25) is 4.79 Å². The van der Waals surface area contributed by atoms with E-state index in [4.69, 9.17) is 0 Å². The van der Waals surface area contributed by atoms with Gasteiger partial charge in [0.2, 0.25) is 0 Å². The molecule has 1 heterocycles. The lowest BCUT2D eigenvalue weighted by molar-refractivity contribution is -0.112. The van der Waals surface area contributed by atoms with E-state index in [-0.39, 0.29) is 16.6 Å². The Morgan fingerprint density at radius 1 is 1.00 bits per heavy atom. The van der Waals surface area contributed by atoms with E-state index >= 15 is 0 Å². The Morgan fingerprint density at radius 3 is 2.35 bits per heavy atom. The van der Waals surface area contributed by atoms with Crippen molar-refractivity contribution in [1.82, 2.24) is 0 Å². The summed E-state index contributed by atoms with van der Waals surface area (Å²) in [6.07, 6.45) is 1.83. The third-order valence-corrected chi connectivity index (χ3v) is 9.00. The molecule has 1 aliphatic rings. The monoisotopic (exact) mass is 577 g/mol. The number of carbonyl (C=O) groups excluding carboxylic acids is 1. The molecule has 0 bridgehead atoms. The first-order valence-electron chi connectivity index (χ1n) is 9.30. The first-order valence-corrected chi connectivity index (χ1v) is 13.4. The van der Waals surface area contributed by atoms with Gasteiger partial charge in [0.05, 0.1) is 21.2 Å². The Labute approximate surface area is 202 Å². The number of hydrogen-bond donors (Lipinski definition) is 1. The molecule has 3 aromatic rings. The molecule has 0 atom stereocenters. The van der Waals surface area contributed by atoms with E-state index in [1.807, 2.05) is 43.3 Å². The van der Waals surface area contributed by atoms with Gasteiger partial charge in [-0.15, -0.1) is 0 Å². The van der Waals surface area contributed by atoms with Crippen molar-refractivity contribution >= 4 is 71.1 Å². The van der Waals surface area contributed by atoms with Crippen molar-refractivity contribution in [3.8, 4) is 0 Å². The highest BCUT2D eigenvalue weighted by molar-refractivity contribution is 9.11. The van der Waals surface area contributed by atoms with Crippen LogP contribution in [-0.4, -0.2) is 14.3 Å². The highest BCUT2D eigenvalue weighted by atomic mass is 79.9. The number of aryl methyl sites for hydroxylation is 1. The molecule has 3 aromatic carbocycles. The van der Waals surface area contributed by atoms with E-state index in [1.54, 1.807) is 24.3 Å². The van der Waals surface area contributed by atoms with E-state index in [9.17, 15) is 13.2 Å². The highest BCUT2D eigenvalue weighted by Crippen LogP contribution is 2.40. The van der Waals surface area contributed by atoms with Crippen LogP contribution in [0.5, 0.6) is 0 Å². The first-order chi connectivity index (χ1) is 14.7. The minimum absolute atomic E-state index is 0.159. The van der Waals surface area contributed by atoms with E-state index in [1.165, 1.54) is 17.8 Å². The van der Waals surface area contributed by atoms with Crippen LogP contribution in [0.2, 0.25) is 0 Å². The van der Waals surface area contributed by atoms with Crippen molar-refractivity contribution in [2.45, 2.75) is 22.5 Å². The Bertz CT molecular complexity index is 1300. The molecule has 1 N–H and O–H groups in total. The van der Waals surface area contributed by atoms with Gasteiger partial charge < -0.3 is 5.32 Å². The molecular formula is C23H17Br2NO3S2. The van der Waals surface area contributed by atoms with E-state index in [2.05, 4.69) is 37.2 Å². The summed E-state index contributed by atoms with van der Waals surface area (Å²) in [6, 6.07) is 18.2. The molecule has 1 amide bonds. The van der Waals surface area contributed by atoms with Gasteiger partial charge >= 0.3 is 0 Å². The molecule has 4 rings (SSSR count). The van der Waals surface area contributed by atoms with Gasteiger partial charge in [0.1, 0.15) is 0 Å². The first kappa shape index (κ1) is 22.3. The van der Waals surface area contributed by atoms with Crippen LogP contribution >= 0.6 is 43.6 Å². The van der Waals surface area contributed by atoms with Gasteiger partial charge in [-0.2, -0.15) is 0 Å². The molecule has 158 valence electrons. The van der Waals surface area contributed by atoms with Gasteiger partial charge in [0.15, 0.2) is 9.84 Å². The van der Waals surface area contributed by atoms with Crippen molar-refractivity contribution in [2.75, 3.05) is 5.32 Å². The molecule has 0 spiro atoms. The molecule has 0 radical (unpaired) electrons. The molecular weight excluding hydrogens is 562 g/mol. The molecule has 0 aliphatic carbocycles. The lowest BCUT2D eigenvalue weighted by Gasteiger charge is -2.19. The molecule has 0 aromatic heterocycles.